The Morgan fingerprint density at radius 2 is 1.85 bits per heavy atom. The van der Waals surface area contributed by atoms with Crippen LogP contribution in [-0.4, -0.2) is 80.6 Å². The van der Waals surface area contributed by atoms with Gasteiger partial charge in [0.05, 0.1) is 0 Å². The van der Waals surface area contributed by atoms with E-state index >= 15 is 0 Å². The zero-order valence-corrected chi connectivity index (χ0v) is 17.3. The van der Waals surface area contributed by atoms with Gasteiger partial charge in [0.2, 0.25) is 0 Å². The largest absolute Gasteiger partial charge is 0.356 e. The maximum absolute atomic E-state index is 4.46. The van der Waals surface area contributed by atoms with Gasteiger partial charge in [-0.25, -0.2) is 0 Å². The van der Waals surface area contributed by atoms with E-state index in [9.17, 15) is 0 Å². The highest BCUT2D eigenvalue weighted by atomic mass is 15.3. The molecule has 0 bridgehead atoms. The molecule has 0 aliphatic carbocycles. The number of piperazine rings is 1. The number of benzene rings is 1. The summed E-state index contributed by atoms with van der Waals surface area (Å²) in [6, 6.07) is 8.55. The van der Waals surface area contributed by atoms with Crippen LogP contribution in [0, 0.1) is 12.8 Å². The predicted octanol–water partition coefficient (Wildman–Crippen LogP) is 2.28. The maximum atomic E-state index is 4.46. The molecule has 0 aromatic heterocycles. The number of aryl methyl sites for hydroxylation is 1. The summed E-state index contributed by atoms with van der Waals surface area (Å²) in [7, 11) is 3.97. The normalized spacial score (nSPS) is 18.0. The van der Waals surface area contributed by atoms with Gasteiger partial charge in [-0.3, -0.25) is 4.99 Å². The summed E-state index contributed by atoms with van der Waals surface area (Å²) < 4.78 is 0. The molecule has 1 unspecified atom stereocenters. The Hall–Kier alpha value is -1.59. The minimum atomic E-state index is 0.604. The fraction of sp³-hybridized carbons (Fsp3) is 0.667. The van der Waals surface area contributed by atoms with Crippen molar-refractivity contribution in [3.63, 3.8) is 0 Å². The lowest BCUT2D eigenvalue weighted by Crippen LogP contribution is -2.48. The predicted molar refractivity (Wildman–Crippen MR) is 112 cm³/mol. The molecule has 0 radical (unpaired) electrons. The lowest BCUT2D eigenvalue weighted by Gasteiger charge is -2.35. The quantitative estimate of drug-likeness (QED) is 0.598. The zero-order chi connectivity index (χ0) is 18.9. The average molecular weight is 360 g/mol. The molecular formula is C21H37N5. The molecule has 26 heavy (non-hydrogen) atoms. The summed E-state index contributed by atoms with van der Waals surface area (Å²) in [4.78, 5) is 11.8. The number of guanidine groups is 1. The van der Waals surface area contributed by atoms with E-state index in [-0.39, 0.29) is 0 Å². The summed E-state index contributed by atoms with van der Waals surface area (Å²) in [6.45, 7) is 15.7. The summed E-state index contributed by atoms with van der Waals surface area (Å²) in [5.41, 5.74) is 2.68. The first kappa shape index (κ1) is 20.7. The van der Waals surface area contributed by atoms with Crippen molar-refractivity contribution < 1.29 is 0 Å². The van der Waals surface area contributed by atoms with Crippen molar-refractivity contribution in [2.24, 2.45) is 10.9 Å². The van der Waals surface area contributed by atoms with Gasteiger partial charge in [0.15, 0.2) is 5.96 Å². The lowest BCUT2D eigenvalue weighted by atomic mass is 10.1. The van der Waals surface area contributed by atoms with Crippen LogP contribution in [0.3, 0.4) is 0 Å². The first-order valence-electron chi connectivity index (χ1n) is 9.94. The third-order valence-electron chi connectivity index (χ3n) is 5.33. The molecule has 1 atom stereocenters. The van der Waals surface area contributed by atoms with Crippen molar-refractivity contribution in [2.75, 3.05) is 59.9 Å². The van der Waals surface area contributed by atoms with Crippen molar-refractivity contribution in [1.82, 2.24) is 20.0 Å². The molecule has 5 heteroatoms. The van der Waals surface area contributed by atoms with Crippen LogP contribution in [-0.2, 0) is 6.54 Å². The van der Waals surface area contributed by atoms with Crippen molar-refractivity contribution in [2.45, 2.75) is 27.3 Å². The van der Waals surface area contributed by atoms with Crippen LogP contribution in [0.5, 0.6) is 0 Å². The molecule has 5 nitrogen and oxygen atoms in total. The minimum Gasteiger partial charge on any atom is -0.356 e. The van der Waals surface area contributed by atoms with E-state index in [1.807, 2.05) is 7.05 Å². The SMILES string of the molecule is CCN1CCN(CC(C)CNC(=NC)N(C)Cc2ccccc2C)CC1. The molecule has 0 spiro atoms. The molecular weight excluding hydrogens is 322 g/mol. The average Bonchev–Trinajstić information content (AvgIpc) is 2.64. The van der Waals surface area contributed by atoms with Gasteiger partial charge in [-0.15, -0.1) is 0 Å². The Kier molecular flexibility index (Phi) is 8.39. The number of nitrogens with zero attached hydrogens (tertiary/aromatic N) is 4. The Morgan fingerprint density at radius 3 is 2.46 bits per heavy atom. The van der Waals surface area contributed by atoms with Crippen LogP contribution in [0.15, 0.2) is 29.3 Å². The van der Waals surface area contributed by atoms with Crippen molar-refractivity contribution in [1.29, 1.82) is 0 Å². The topological polar surface area (TPSA) is 34.1 Å². The van der Waals surface area contributed by atoms with E-state index in [4.69, 9.17) is 0 Å². The highest BCUT2D eigenvalue weighted by Crippen LogP contribution is 2.10. The second-order valence-electron chi connectivity index (χ2n) is 7.55. The van der Waals surface area contributed by atoms with Crippen LogP contribution < -0.4 is 5.32 Å². The number of likely N-dealkylation sites (N-methyl/N-ethyl adjacent to an activating group) is 1. The molecule has 1 aromatic carbocycles. The van der Waals surface area contributed by atoms with Crippen molar-refractivity contribution in [3.8, 4) is 0 Å². The van der Waals surface area contributed by atoms with Gasteiger partial charge in [-0.2, -0.15) is 0 Å². The third-order valence-corrected chi connectivity index (χ3v) is 5.33. The minimum absolute atomic E-state index is 0.604. The van der Waals surface area contributed by atoms with Gasteiger partial charge < -0.3 is 20.0 Å². The molecule has 2 rings (SSSR count). The molecule has 146 valence electrons. The number of rotatable bonds is 7. The van der Waals surface area contributed by atoms with E-state index in [0.717, 1.165) is 25.6 Å². The summed E-state index contributed by atoms with van der Waals surface area (Å²) in [5, 5.41) is 3.56. The van der Waals surface area contributed by atoms with Gasteiger partial charge in [0.25, 0.3) is 0 Å². The van der Waals surface area contributed by atoms with Gasteiger partial charge in [-0.05, 0) is 30.5 Å². The summed E-state index contributed by atoms with van der Waals surface area (Å²) in [6.07, 6.45) is 0. The molecule has 1 fully saturated rings. The summed E-state index contributed by atoms with van der Waals surface area (Å²) in [5.74, 6) is 1.57. The van der Waals surface area contributed by atoms with Crippen LogP contribution in [0.1, 0.15) is 25.0 Å². The molecule has 0 saturated carbocycles. The highest BCUT2D eigenvalue weighted by molar-refractivity contribution is 5.79. The zero-order valence-electron chi connectivity index (χ0n) is 17.3. The second-order valence-corrected chi connectivity index (χ2v) is 7.55. The van der Waals surface area contributed by atoms with Crippen LogP contribution >= 0.6 is 0 Å². The molecule has 1 heterocycles. The molecule has 1 saturated heterocycles. The Balaban J connectivity index is 1.76. The first-order chi connectivity index (χ1) is 12.5. The van der Waals surface area contributed by atoms with Crippen molar-refractivity contribution in [3.05, 3.63) is 35.4 Å². The monoisotopic (exact) mass is 359 g/mol. The standard InChI is InChI=1S/C21H37N5/c1-6-25-11-13-26(14-12-25)16-18(2)15-23-21(22-4)24(5)17-20-10-8-7-9-19(20)3/h7-10,18H,6,11-17H2,1-5H3,(H,22,23). The highest BCUT2D eigenvalue weighted by Gasteiger charge is 2.18. The Morgan fingerprint density at radius 1 is 1.19 bits per heavy atom. The molecule has 1 aliphatic heterocycles. The van der Waals surface area contributed by atoms with Crippen LogP contribution in [0.25, 0.3) is 0 Å². The van der Waals surface area contributed by atoms with E-state index in [2.05, 4.69) is 77.1 Å². The first-order valence-corrected chi connectivity index (χ1v) is 9.94. The van der Waals surface area contributed by atoms with E-state index < -0.39 is 0 Å². The molecule has 0 amide bonds. The molecule has 1 aliphatic rings. The third kappa shape index (κ3) is 6.29. The maximum Gasteiger partial charge on any atom is 0.193 e. The van der Waals surface area contributed by atoms with E-state index in [1.165, 1.54) is 43.9 Å². The number of nitrogens with one attached hydrogen (secondary N) is 1. The summed E-state index contributed by atoms with van der Waals surface area (Å²) >= 11 is 0. The smallest absolute Gasteiger partial charge is 0.193 e. The molecule has 1 aromatic rings. The second kappa shape index (κ2) is 10.5. The number of hydrogen-bond donors (Lipinski definition) is 1. The fourth-order valence-corrected chi connectivity index (χ4v) is 3.56. The van der Waals surface area contributed by atoms with Crippen LogP contribution in [0.2, 0.25) is 0 Å². The number of aliphatic imine (C=N–C) groups is 1. The fourth-order valence-electron chi connectivity index (χ4n) is 3.56. The van der Waals surface area contributed by atoms with E-state index in [1.54, 1.807) is 0 Å². The molecule has 1 N–H and O–H groups in total. The van der Waals surface area contributed by atoms with Gasteiger partial charge >= 0.3 is 0 Å². The van der Waals surface area contributed by atoms with Gasteiger partial charge in [0, 0.05) is 59.9 Å². The van der Waals surface area contributed by atoms with Gasteiger partial charge in [0.1, 0.15) is 0 Å². The van der Waals surface area contributed by atoms with E-state index in [0.29, 0.717) is 5.92 Å². The number of hydrogen-bond acceptors (Lipinski definition) is 3. The van der Waals surface area contributed by atoms with Crippen LogP contribution in [0.4, 0.5) is 0 Å². The Bertz CT molecular complexity index is 563. The van der Waals surface area contributed by atoms with Gasteiger partial charge in [-0.1, -0.05) is 38.1 Å². The Labute approximate surface area is 160 Å². The lowest BCUT2D eigenvalue weighted by molar-refractivity contribution is 0.124. The van der Waals surface area contributed by atoms with Crippen molar-refractivity contribution >= 4 is 5.96 Å².